The zero-order chi connectivity index (χ0) is 7.65. The molecule has 0 unspecified atom stereocenters. The summed E-state index contributed by atoms with van der Waals surface area (Å²) >= 11 is 4.34. The van der Waals surface area contributed by atoms with Gasteiger partial charge in [0.15, 0.2) is 0 Å². The van der Waals surface area contributed by atoms with E-state index in [0.717, 1.165) is 0 Å². The summed E-state index contributed by atoms with van der Waals surface area (Å²) in [5.74, 6) is -4.45. The molecule has 4 nitrogen and oxygen atoms in total. The Labute approximate surface area is 53.8 Å². The molecule has 0 aliphatic rings. The third kappa shape index (κ3) is 1.53. The van der Waals surface area contributed by atoms with E-state index in [2.05, 4.69) is 11.6 Å². The normalized spacial score (nSPS) is 10.9. The van der Waals surface area contributed by atoms with Gasteiger partial charge < -0.3 is 10.2 Å². The zero-order valence-corrected chi connectivity index (χ0v) is 4.72. The number of hydrogen-bond acceptors (Lipinski definition) is 2. The number of carboxylic acids is 2. The number of aliphatic carboxylic acids is 2. The number of halogens is 2. The number of hydrogen-bond donors (Lipinski definition) is 2. The monoisotopic (exact) mass is 156 g/mol. The third-order valence-electron chi connectivity index (χ3n) is 0.537. The van der Waals surface area contributed by atoms with E-state index < -0.39 is 17.1 Å². The van der Waals surface area contributed by atoms with Gasteiger partial charge in [0.05, 0.1) is 0 Å². The predicted octanol–water partition coefficient (Wildman–Crippen LogP) is 0.0602. The molecular weight excluding hydrogens is 154 g/mol. The zero-order valence-electron chi connectivity index (χ0n) is 3.97. The van der Waals surface area contributed by atoms with E-state index in [1.54, 1.807) is 0 Å². The van der Waals surface area contributed by atoms with Crippen LogP contribution >= 0.6 is 11.6 Å². The highest BCUT2D eigenvalue weighted by molar-refractivity contribution is 6.42. The van der Waals surface area contributed by atoms with Crippen molar-refractivity contribution in [2.75, 3.05) is 0 Å². The minimum atomic E-state index is -3.69. The van der Waals surface area contributed by atoms with Crippen LogP contribution in [-0.2, 0) is 9.59 Å². The third-order valence-corrected chi connectivity index (χ3v) is 0.861. The molecule has 2 N–H and O–H groups in total. The summed E-state index contributed by atoms with van der Waals surface area (Å²) < 4.78 is 11.9. The van der Waals surface area contributed by atoms with Crippen LogP contribution < -0.4 is 0 Å². The second kappa shape index (κ2) is 2.18. The van der Waals surface area contributed by atoms with Gasteiger partial charge >= 0.3 is 17.1 Å². The molecule has 0 atom stereocenters. The molecule has 0 bridgehead atoms. The van der Waals surface area contributed by atoms with Crippen LogP contribution in [0.15, 0.2) is 0 Å². The van der Waals surface area contributed by atoms with Crippen molar-refractivity contribution in [3.8, 4) is 0 Å². The largest absolute Gasteiger partial charge is 0.477 e. The Hall–Kier alpha value is -0.840. The summed E-state index contributed by atoms with van der Waals surface area (Å²) in [5, 5.41) is 11.8. The van der Waals surface area contributed by atoms with E-state index in [4.69, 9.17) is 10.2 Å². The van der Waals surface area contributed by atoms with Gasteiger partial charge in [-0.2, -0.15) is 0 Å². The fraction of sp³-hybridized carbons (Fsp3) is 0.333. The van der Waals surface area contributed by atoms with Crippen molar-refractivity contribution in [1.82, 2.24) is 0 Å². The van der Waals surface area contributed by atoms with Gasteiger partial charge in [0, 0.05) is 0 Å². The van der Waals surface area contributed by atoms with Crippen molar-refractivity contribution in [2.24, 2.45) is 0 Å². The van der Waals surface area contributed by atoms with E-state index in [1.165, 1.54) is 0 Å². The minimum absolute atomic E-state index is 2.23. The first-order valence-electron chi connectivity index (χ1n) is 1.73. The fourth-order valence-electron chi connectivity index (χ4n) is 0.0915. The lowest BCUT2D eigenvalue weighted by atomic mass is 10.4. The average Bonchev–Trinajstić information content (AvgIpc) is 1.65. The van der Waals surface area contributed by atoms with Crippen LogP contribution in [0.1, 0.15) is 0 Å². The summed E-state index contributed by atoms with van der Waals surface area (Å²) in [5.41, 5.74) is 0. The van der Waals surface area contributed by atoms with Gasteiger partial charge in [0.25, 0.3) is 0 Å². The first kappa shape index (κ1) is 8.16. The molecule has 0 aromatic rings. The number of alkyl halides is 2. The summed E-state index contributed by atoms with van der Waals surface area (Å²) in [6.45, 7) is 0. The van der Waals surface area contributed by atoms with Crippen LogP contribution in [0.4, 0.5) is 4.39 Å². The topological polar surface area (TPSA) is 74.6 Å². The molecule has 0 heterocycles. The van der Waals surface area contributed by atoms with Crippen LogP contribution in [0.2, 0.25) is 0 Å². The Morgan fingerprint density at radius 2 is 1.56 bits per heavy atom. The maximum Gasteiger partial charge on any atom is 0.375 e. The molecule has 0 saturated heterocycles. The molecule has 0 fully saturated rings. The van der Waals surface area contributed by atoms with Crippen LogP contribution in [0, 0.1) is 0 Å². The van der Waals surface area contributed by atoms with Gasteiger partial charge in [-0.05, 0) is 0 Å². The summed E-state index contributed by atoms with van der Waals surface area (Å²) in [6, 6.07) is 0. The average molecular weight is 156 g/mol. The van der Waals surface area contributed by atoms with Gasteiger partial charge in [-0.25, -0.2) is 14.0 Å². The van der Waals surface area contributed by atoms with Crippen molar-refractivity contribution in [1.29, 1.82) is 0 Å². The van der Waals surface area contributed by atoms with Crippen LogP contribution in [0.5, 0.6) is 0 Å². The Morgan fingerprint density at radius 1 is 1.33 bits per heavy atom. The maximum absolute atomic E-state index is 11.9. The van der Waals surface area contributed by atoms with Gasteiger partial charge in [-0.15, -0.1) is 0 Å². The lowest BCUT2D eigenvalue weighted by Gasteiger charge is -2.03. The molecular formula is C3H2ClFO4. The first-order chi connectivity index (χ1) is 3.89. The van der Waals surface area contributed by atoms with Crippen LogP contribution in [0.25, 0.3) is 0 Å². The summed E-state index contributed by atoms with van der Waals surface area (Å²) in [4.78, 5) is 19.1. The van der Waals surface area contributed by atoms with Gasteiger partial charge in [0.1, 0.15) is 0 Å². The first-order valence-corrected chi connectivity index (χ1v) is 2.11. The molecule has 0 aliphatic carbocycles. The van der Waals surface area contributed by atoms with Gasteiger partial charge in [-0.3, -0.25) is 0 Å². The second-order valence-corrected chi connectivity index (χ2v) is 1.71. The Bertz CT molecular complexity index is 138. The molecule has 0 spiro atoms. The van der Waals surface area contributed by atoms with Crippen molar-refractivity contribution >= 4 is 23.5 Å². The quantitative estimate of drug-likeness (QED) is 0.438. The highest BCUT2D eigenvalue weighted by atomic mass is 35.5. The fourth-order valence-corrected chi connectivity index (χ4v) is 0.0915. The van der Waals surface area contributed by atoms with E-state index in [9.17, 15) is 14.0 Å². The van der Waals surface area contributed by atoms with Gasteiger partial charge in [-0.1, -0.05) is 11.6 Å². The highest BCUT2D eigenvalue weighted by Crippen LogP contribution is 2.16. The molecule has 0 rings (SSSR count). The second-order valence-electron chi connectivity index (χ2n) is 1.18. The van der Waals surface area contributed by atoms with Crippen molar-refractivity contribution in [2.45, 2.75) is 5.13 Å². The molecule has 0 aliphatic heterocycles. The smallest absolute Gasteiger partial charge is 0.375 e. The maximum atomic E-state index is 11.9. The Kier molecular flexibility index (Phi) is 1.98. The Balaban J connectivity index is 4.38. The molecule has 52 valence electrons. The van der Waals surface area contributed by atoms with Crippen molar-refractivity contribution < 1.29 is 24.2 Å². The molecule has 0 radical (unpaired) electrons. The molecule has 0 aromatic heterocycles. The lowest BCUT2D eigenvalue weighted by Crippen LogP contribution is -2.36. The predicted molar refractivity (Wildman–Crippen MR) is 25.0 cm³/mol. The molecule has 9 heavy (non-hydrogen) atoms. The van der Waals surface area contributed by atoms with E-state index >= 15 is 0 Å². The van der Waals surface area contributed by atoms with E-state index in [0.29, 0.717) is 0 Å². The standard InChI is InChI=1S/C3H2ClFO4/c4-3(5,1(6)7)2(8)9/h(H,6,7)(H,8,9). The van der Waals surface area contributed by atoms with Crippen molar-refractivity contribution in [3.05, 3.63) is 0 Å². The molecule has 0 saturated carbocycles. The lowest BCUT2D eigenvalue weighted by molar-refractivity contribution is -0.159. The highest BCUT2D eigenvalue weighted by Gasteiger charge is 2.45. The summed E-state index contributed by atoms with van der Waals surface area (Å²) in [6.07, 6.45) is 0. The minimum Gasteiger partial charge on any atom is -0.477 e. The molecule has 6 heteroatoms. The SMILES string of the molecule is O=C(O)C(F)(Cl)C(=O)O. The van der Waals surface area contributed by atoms with E-state index in [1.807, 2.05) is 0 Å². The Morgan fingerprint density at radius 3 is 1.56 bits per heavy atom. The number of carbonyl (C=O) groups is 2. The van der Waals surface area contributed by atoms with Crippen LogP contribution in [-0.4, -0.2) is 27.3 Å². The summed E-state index contributed by atoms with van der Waals surface area (Å²) in [7, 11) is 0. The van der Waals surface area contributed by atoms with Crippen molar-refractivity contribution in [3.63, 3.8) is 0 Å². The van der Waals surface area contributed by atoms with E-state index in [-0.39, 0.29) is 0 Å². The number of rotatable bonds is 2. The van der Waals surface area contributed by atoms with Crippen LogP contribution in [0.3, 0.4) is 0 Å². The van der Waals surface area contributed by atoms with Gasteiger partial charge in [0.2, 0.25) is 0 Å². The molecule has 0 aromatic carbocycles. The molecule has 0 amide bonds. The number of carboxylic acid groups (broad SMARTS) is 2.